The van der Waals surface area contributed by atoms with E-state index in [2.05, 4.69) is 0 Å². The second kappa shape index (κ2) is 32.5. The van der Waals surface area contributed by atoms with Gasteiger partial charge in [0.05, 0.1) is 0 Å². The van der Waals surface area contributed by atoms with E-state index in [0.29, 0.717) is 0 Å². The molecule has 0 saturated carbocycles. The molecule has 0 N–H and O–H groups in total. The molecule has 6 heteroatoms. The van der Waals surface area contributed by atoms with Crippen molar-refractivity contribution in [2.24, 2.45) is 0 Å². The summed E-state index contributed by atoms with van der Waals surface area (Å²) in [5, 5.41) is 14.5. The molecule has 0 atom stereocenters. The van der Waals surface area contributed by atoms with Gasteiger partial charge in [0, 0.05) is 0 Å². The van der Waals surface area contributed by atoms with Crippen LogP contribution in [0.5, 0.6) is 0 Å². The first kappa shape index (κ1) is 30.6. The Kier molecular flexibility index (Phi) is 124. The molecule has 0 aliphatic rings. The van der Waals surface area contributed by atoms with Gasteiger partial charge in [-0.1, -0.05) is 0 Å². The third kappa shape index (κ3) is 36.1. The molecule has 0 unspecified atom stereocenters. The van der Waals surface area contributed by atoms with E-state index in [9.17, 15) is 0 Å². The third-order valence-electron chi connectivity index (χ3n) is 0.0500. The zero-order valence-electron chi connectivity index (χ0n) is 1.89. The summed E-state index contributed by atoms with van der Waals surface area (Å²) in [5.41, 5.74) is 0. The minimum absolute atomic E-state index is 0. The van der Waals surface area contributed by atoms with Crippen LogP contribution in [-0.4, -0.2) is 118 Å². The predicted molar refractivity (Wildman–Crippen MR) is 39.8 cm³/mol. The van der Waals surface area contributed by atoms with E-state index in [1.807, 2.05) is 0 Å². The molecule has 0 saturated heterocycles. The number of nitrogens with zero attached hydrogens (tertiary/aromatic N) is 2. The van der Waals surface area contributed by atoms with Crippen LogP contribution >= 0.6 is 0 Å². The van der Waals surface area contributed by atoms with Gasteiger partial charge in [-0.05, 0) is 0 Å². The van der Waals surface area contributed by atoms with Gasteiger partial charge in [0.15, 0.2) is 12.1 Å². The molecule has 0 amide bonds. The molecular formula is C2H4N2Na4. The van der Waals surface area contributed by atoms with Gasteiger partial charge in [0.1, 0.15) is 0 Å². The molecule has 0 radical (unpaired) electrons. The zero-order valence-corrected chi connectivity index (χ0v) is 1.89. The Labute approximate surface area is 138 Å². The summed E-state index contributed by atoms with van der Waals surface area (Å²) in [7, 11) is 0. The Morgan fingerprint density at radius 2 is 0.750 bits per heavy atom. The van der Waals surface area contributed by atoms with Crippen molar-refractivity contribution in [3.63, 3.8) is 0 Å². The van der Waals surface area contributed by atoms with E-state index < -0.39 is 0 Å². The van der Waals surface area contributed by atoms with Crippen LogP contribution < -0.4 is 0 Å². The summed E-state index contributed by atoms with van der Waals surface area (Å²) in [6, 6.07) is 2.47. The monoisotopic (exact) mass is 148 g/mol. The van der Waals surface area contributed by atoms with E-state index in [1.54, 1.807) is 0 Å². The topological polar surface area (TPSA) is 47.6 Å². The van der Waals surface area contributed by atoms with E-state index in [0.717, 1.165) is 0 Å². The van der Waals surface area contributed by atoms with Crippen molar-refractivity contribution in [3.8, 4) is 12.1 Å². The van der Waals surface area contributed by atoms with E-state index in [1.165, 1.54) is 12.1 Å². The molecule has 0 aromatic rings. The molecule has 26 valence electrons. The molecule has 0 aliphatic heterocycles. The van der Waals surface area contributed by atoms with Gasteiger partial charge in [0.2, 0.25) is 0 Å². The summed E-state index contributed by atoms with van der Waals surface area (Å²) in [4.78, 5) is 0. The van der Waals surface area contributed by atoms with Crippen molar-refractivity contribution < 1.29 is 0 Å². The number of rotatable bonds is 0. The summed E-state index contributed by atoms with van der Waals surface area (Å²) < 4.78 is 0. The molecule has 0 aromatic carbocycles. The average molecular weight is 148 g/mol. The second-order valence-corrected chi connectivity index (χ2v) is 0.224. The molecule has 0 spiro atoms. The van der Waals surface area contributed by atoms with Crippen molar-refractivity contribution in [3.05, 3.63) is 0 Å². The maximum absolute atomic E-state index is 7.26. The predicted octanol–water partition coefficient (Wildman–Crippen LogP) is -2.56. The van der Waals surface area contributed by atoms with Crippen LogP contribution in [0.1, 0.15) is 0 Å². The van der Waals surface area contributed by atoms with Crippen molar-refractivity contribution in [2.75, 3.05) is 0 Å². The number of hydrogen-bond acceptors (Lipinski definition) is 2. The Bertz CT molecular complexity index is 67.0. The molecule has 8 heavy (non-hydrogen) atoms. The van der Waals surface area contributed by atoms with Crippen LogP contribution in [0.3, 0.4) is 0 Å². The van der Waals surface area contributed by atoms with Crippen LogP contribution in [0.15, 0.2) is 0 Å². The molecule has 0 aromatic heterocycles. The van der Waals surface area contributed by atoms with Crippen molar-refractivity contribution in [2.45, 2.75) is 0 Å². The number of hydrogen-bond donors (Lipinski definition) is 0. The molecule has 0 heterocycles. The fourth-order valence-corrected chi connectivity index (χ4v) is 0. The van der Waals surface area contributed by atoms with Gasteiger partial charge in [-0.25, -0.2) is 0 Å². The molecular weight excluding hydrogens is 144 g/mol. The molecule has 0 bridgehead atoms. The fourth-order valence-electron chi connectivity index (χ4n) is 0. The van der Waals surface area contributed by atoms with Gasteiger partial charge in [-0.15, -0.1) is 0 Å². The van der Waals surface area contributed by atoms with Gasteiger partial charge in [0.25, 0.3) is 0 Å². The third-order valence-corrected chi connectivity index (χ3v) is 0.0500. The Hall–Kier alpha value is 2.98. The van der Waals surface area contributed by atoms with Gasteiger partial charge < -0.3 is 0 Å². The first-order valence-electron chi connectivity index (χ1n) is 0.697. The van der Waals surface area contributed by atoms with Gasteiger partial charge >= 0.3 is 118 Å². The van der Waals surface area contributed by atoms with Crippen LogP contribution in [0.4, 0.5) is 0 Å². The normalized spacial score (nSPS) is 1.25. The van der Waals surface area contributed by atoms with Crippen LogP contribution in [0.25, 0.3) is 0 Å². The Morgan fingerprint density at radius 1 is 0.625 bits per heavy atom. The van der Waals surface area contributed by atoms with Crippen LogP contribution in [0, 0.1) is 22.7 Å². The van der Waals surface area contributed by atoms with E-state index >= 15 is 0 Å². The summed E-state index contributed by atoms with van der Waals surface area (Å²) in [6.45, 7) is 0. The molecule has 2 nitrogen and oxygen atoms in total. The SMILES string of the molecule is N#CC#N.[NaH].[NaH].[NaH].[NaH]. The fraction of sp³-hybridized carbons (Fsp3) is 0. The van der Waals surface area contributed by atoms with Crippen molar-refractivity contribution >= 4 is 118 Å². The summed E-state index contributed by atoms with van der Waals surface area (Å²) in [5.74, 6) is 0. The minimum atomic E-state index is 0. The van der Waals surface area contributed by atoms with E-state index in [4.69, 9.17) is 10.5 Å². The number of nitriles is 2. The first-order valence-corrected chi connectivity index (χ1v) is 0.697. The standard InChI is InChI=1S/C2N2.4Na.4H/c3-1-2-4;;;;;;;;. The van der Waals surface area contributed by atoms with Crippen molar-refractivity contribution in [1.82, 2.24) is 0 Å². The van der Waals surface area contributed by atoms with Crippen LogP contribution in [0.2, 0.25) is 0 Å². The quantitative estimate of drug-likeness (QED) is 0.355. The summed E-state index contributed by atoms with van der Waals surface area (Å²) >= 11 is 0. The Morgan fingerprint density at radius 3 is 0.750 bits per heavy atom. The average Bonchev–Trinajstić information content (AvgIpc) is 1.37. The first-order chi connectivity index (χ1) is 1.91. The maximum atomic E-state index is 7.26. The van der Waals surface area contributed by atoms with Gasteiger partial charge in [-0.2, -0.15) is 10.5 Å². The zero-order chi connectivity index (χ0) is 3.41. The van der Waals surface area contributed by atoms with Crippen LogP contribution in [-0.2, 0) is 0 Å². The Balaban J connectivity index is -0.00000000750. The van der Waals surface area contributed by atoms with Crippen molar-refractivity contribution in [1.29, 1.82) is 10.5 Å². The van der Waals surface area contributed by atoms with E-state index in [-0.39, 0.29) is 118 Å². The van der Waals surface area contributed by atoms with Gasteiger partial charge in [-0.3, -0.25) is 0 Å². The summed E-state index contributed by atoms with van der Waals surface area (Å²) in [6.07, 6.45) is 0. The molecule has 0 rings (SSSR count). The second-order valence-electron chi connectivity index (χ2n) is 0.224. The molecule has 0 fully saturated rings. The molecule has 0 aliphatic carbocycles.